The number of hydrogen-bond acceptors (Lipinski definition) is 4. The molecule has 254 valence electrons. The first kappa shape index (κ1) is 40.8. The van der Waals surface area contributed by atoms with Crippen LogP contribution in [-0.2, 0) is 24.8 Å². The highest BCUT2D eigenvalue weighted by atomic mass is 28.4. The SMILES string of the molecule is CCCC[Si](CCCC)(CCCC)OC(/C=C/C(=O)OCC)C(Cc1ccccc1)O[Si](CCCC)(CCCC)CCCC. The first-order valence-electron chi connectivity index (χ1n) is 18.6. The Morgan fingerprint density at radius 3 is 1.43 bits per heavy atom. The van der Waals surface area contributed by atoms with Gasteiger partial charge in [-0.05, 0) is 54.8 Å². The predicted octanol–water partition coefficient (Wildman–Crippen LogP) is 11.8. The summed E-state index contributed by atoms with van der Waals surface area (Å²) in [5, 5.41) is 0. The summed E-state index contributed by atoms with van der Waals surface area (Å²) in [5.41, 5.74) is 1.28. The van der Waals surface area contributed by atoms with E-state index < -0.39 is 16.6 Å². The van der Waals surface area contributed by atoms with Crippen molar-refractivity contribution in [2.75, 3.05) is 6.61 Å². The molecule has 44 heavy (non-hydrogen) atoms. The number of carbonyl (C=O) groups is 1. The van der Waals surface area contributed by atoms with E-state index in [-0.39, 0.29) is 18.2 Å². The minimum absolute atomic E-state index is 0.114. The van der Waals surface area contributed by atoms with Gasteiger partial charge in [-0.3, -0.25) is 0 Å². The number of benzene rings is 1. The molecule has 6 heteroatoms. The van der Waals surface area contributed by atoms with Gasteiger partial charge < -0.3 is 13.6 Å². The molecule has 0 spiro atoms. The number of ether oxygens (including phenoxy) is 1. The zero-order valence-corrected chi connectivity index (χ0v) is 32.0. The molecule has 0 aliphatic heterocycles. The lowest BCUT2D eigenvalue weighted by atomic mass is 10.0. The Morgan fingerprint density at radius 1 is 0.636 bits per heavy atom. The molecular formula is C38H70O4Si2. The van der Waals surface area contributed by atoms with E-state index in [4.69, 9.17) is 13.6 Å². The lowest BCUT2D eigenvalue weighted by Gasteiger charge is -2.42. The van der Waals surface area contributed by atoms with Gasteiger partial charge in [0.25, 0.3) is 0 Å². The van der Waals surface area contributed by atoms with Crippen LogP contribution in [0.5, 0.6) is 0 Å². The fraction of sp³-hybridized carbons (Fsp3) is 0.763. The van der Waals surface area contributed by atoms with Crippen LogP contribution in [0.4, 0.5) is 0 Å². The number of esters is 1. The van der Waals surface area contributed by atoms with Gasteiger partial charge in [-0.15, -0.1) is 0 Å². The quantitative estimate of drug-likeness (QED) is 0.0516. The standard InChI is InChI=1S/C38H70O4Si2/c1-8-15-28-43(29-16-9-2,30-17-10-3)41-36(26-27-38(39)40-14-7)37(34-35-24-22-21-23-25-35)42-44(31-18-11-4,32-19-12-5)33-20-13-6/h21-27,36-37H,8-20,28-34H2,1-7H3/b27-26+. The highest BCUT2D eigenvalue weighted by molar-refractivity contribution is 6.74. The van der Waals surface area contributed by atoms with Crippen molar-refractivity contribution >= 4 is 22.6 Å². The largest absolute Gasteiger partial charge is 0.463 e. The van der Waals surface area contributed by atoms with E-state index in [9.17, 15) is 4.79 Å². The summed E-state index contributed by atoms with van der Waals surface area (Å²) < 4.78 is 20.7. The van der Waals surface area contributed by atoms with Crippen molar-refractivity contribution in [3.8, 4) is 0 Å². The van der Waals surface area contributed by atoms with E-state index in [1.807, 2.05) is 13.0 Å². The summed E-state index contributed by atoms with van der Waals surface area (Å²) in [6.45, 7) is 16.1. The average molecular weight is 647 g/mol. The van der Waals surface area contributed by atoms with Gasteiger partial charge in [0.05, 0.1) is 18.8 Å². The molecule has 0 radical (unpaired) electrons. The fourth-order valence-corrected chi connectivity index (χ4v) is 16.2. The zero-order chi connectivity index (χ0) is 32.5. The average Bonchev–Trinajstić information content (AvgIpc) is 3.04. The Morgan fingerprint density at radius 2 is 1.05 bits per heavy atom. The van der Waals surface area contributed by atoms with Gasteiger partial charge >= 0.3 is 5.97 Å². The first-order chi connectivity index (χ1) is 21.4. The van der Waals surface area contributed by atoms with E-state index in [2.05, 4.69) is 71.9 Å². The van der Waals surface area contributed by atoms with Gasteiger partial charge in [-0.1, -0.05) is 149 Å². The van der Waals surface area contributed by atoms with Crippen LogP contribution in [0.15, 0.2) is 42.5 Å². The van der Waals surface area contributed by atoms with Crippen molar-refractivity contribution in [1.82, 2.24) is 0 Å². The van der Waals surface area contributed by atoms with Crippen LogP contribution in [0, 0.1) is 0 Å². The topological polar surface area (TPSA) is 44.8 Å². The second kappa shape index (κ2) is 24.9. The van der Waals surface area contributed by atoms with Gasteiger partial charge in [0, 0.05) is 12.5 Å². The lowest BCUT2D eigenvalue weighted by Crippen LogP contribution is -2.50. The Hall–Kier alpha value is -1.22. The molecule has 0 heterocycles. The van der Waals surface area contributed by atoms with Crippen LogP contribution < -0.4 is 0 Å². The molecule has 0 saturated heterocycles. The summed E-state index contributed by atoms with van der Waals surface area (Å²) in [6, 6.07) is 18.0. The third-order valence-electron chi connectivity index (χ3n) is 9.06. The smallest absolute Gasteiger partial charge is 0.330 e. The van der Waals surface area contributed by atoms with E-state index in [0.29, 0.717) is 6.61 Å². The van der Waals surface area contributed by atoms with E-state index in [1.54, 1.807) is 6.08 Å². The molecule has 0 N–H and O–H groups in total. The molecule has 0 bridgehead atoms. The Labute approximate surface area is 275 Å². The monoisotopic (exact) mass is 646 g/mol. The Balaban J connectivity index is 3.78. The van der Waals surface area contributed by atoms with Crippen LogP contribution in [0.25, 0.3) is 0 Å². The molecule has 1 aromatic rings. The van der Waals surface area contributed by atoms with Gasteiger partial charge in [-0.25, -0.2) is 4.79 Å². The molecule has 2 unspecified atom stereocenters. The van der Waals surface area contributed by atoms with Crippen LogP contribution in [-0.4, -0.2) is 41.4 Å². The van der Waals surface area contributed by atoms with Gasteiger partial charge in [0.2, 0.25) is 0 Å². The van der Waals surface area contributed by atoms with Gasteiger partial charge in [0.15, 0.2) is 16.6 Å². The molecular weight excluding hydrogens is 577 g/mol. The Kier molecular flexibility index (Phi) is 23.1. The van der Waals surface area contributed by atoms with E-state index in [0.717, 1.165) is 6.42 Å². The second-order valence-corrected chi connectivity index (χ2v) is 21.2. The van der Waals surface area contributed by atoms with Crippen molar-refractivity contribution in [2.24, 2.45) is 0 Å². The molecule has 0 saturated carbocycles. The summed E-state index contributed by atoms with van der Waals surface area (Å²) in [7, 11) is -4.19. The first-order valence-corrected chi connectivity index (χ1v) is 23.7. The molecule has 0 aromatic heterocycles. The molecule has 0 aliphatic carbocycles. The molecule has 0 aliphatic rings. The van der Waals surface area contributed by atoms with Crippen molar-refractivity contribution in [1.29, 1.82) is 0 Å². The highest BCUT2D eigenvalue weighted by Crippen LogP contribution is 2.36. The lowest BCUT2D eigenvalue weighted by molar-refractivity contribution is -0.137. The van der Waals surface area contributed by atoms with E-state index in [1.165, 1.54) is 119 Å². The van der Waals surface area contributed by atoms with Crippen LogP contribution >= 0.6 is 0 Å². The van der Waals surface area contributed by atoms with Crippen molar-refractivity contribution in [3.63, 3.8) is 0 Å². The summed E-state index contributed by atoms with van der Waals surface area (Å²) >= 11 is 0. The minimum Gasteiger partial charge on any atom is -0.463 e. The van der Waals surface area contributed by atoms with Crippen molar-refractivity contribution in [2.45, 2.75) is 180 Å². The molecule has 1 rings (SSSR count). The summed E-state index contributed by atoms with van der Waals surface area (Å²) in [6.07, 6.45) is 18.6. The second-order valence-electron chi connectivity index (χ2n) is 13.0. The molecule has 2 atom stereocenters. The molecule has 1 aromatic carbocycles. The minimum atomic E-state index is -2.11. The number of hydrogen-bond donors (Lipinski definition) is 0. The summed E-state index contributed by atoms with van der Waals surface area (Å²) in [5.74, 6) is -0.283. The maximum absolute atomic E-state index is 12.7. The van der Waals surface area contributed by atoms with Gasteiger partial charge in [-0.2, -0.15) is 0 Å². The maximum atomic E-state index is 12.7. The molecule has 4 nitrogen and oxygen atoms in total. The van der Waals surface area contributed by atoms with Crippen LogP contribution in [0.3, 0.4) is 0 Å². The van der Waals surface area contributed by atoms with Crippen LogP contribution in [0.1, 0.15) is 131 Å². The predicted molar refractivity (Wildman–Crippen MR) is 195 cm³/mol. The molecule has 0 amide bonds. The van der Waals surface area contributed by atoms with Crippen molar-refractivity contribution < 1.29 is 18.4 Å². The normalized spacial score (nSPS) is 13.8. The number of rotatable bonds is 28. The summed E-state index contributed by atoms with van der Waals surface area (Å²) in [4.78, 5) is 12.7. The fourth-order valence-electron chi connectivity index (χ4n) is 6.38. The number of unbranched alkanes of at least 4 members (excludes halogenated alkanes) is 6. The van der Waals surface area contributed by atoms with Crippen LogP contribution in [0.2, 0.25) is 36.3 Å². The zero-order valence-electron chi connectivity index (χ0n) is 30.0. The third-order valence-corrected chi connectivity index (χ3v) is 18.2. The maximum Gasteiger partial charge on any atom is 0.330 e. The van der Waals surface area contributed by atoms with Crippen molar-refractivity contribution in [3.05, 3.63) is 48.0 Å². The third kappa shape index (κ3) is 16.4. The molecule has 0 fully saturated rings. The highest BCUT2D eigenvalue weighted by Gasteiger charge is 2.42. The van der Waals surface area contributed by atoms with Gasteiger partial charge in [0.1, 0.15) is 0 Å². The number of carbonyl (C=O) groups excluding carboxylic acids is 1. The van der Waals surface area contributed by atoms with E-state index >= 15 is 0 Å². The Bertz CT molecular complexity index is 816.